The summed E-state index contributed by atoms with van der Waals surface area (Å²) in [6.45, 7) is 14.1. The molecule has 1 saturated heterocycles. The summed E-state index contributed by atoms with van der Waals surface area (Å²) in [5, 5.41) is 49.1. The molecule has 1 aliphatic heterocycles. The lowest BCUT2D eigenvalue weighted by molar-refractivity contribution is -0.157. The minimum atomic E-state index is -1.81. The highest BCUT2D eigenvalue weighted by atomic mass is 16.5. The Hall–Kier alpha value is -7.30. The molecular formula is C56H93N13O15. The van der Waals surface area contributed by atoms with E-state index in [2.05, 4.69) is 58.5 Å². The standard InChI is InChI=1S/C56H93N13O15/c1-12-29(6)42(67-49(76)37(59-11)25-34-19-16-15-17-20-34)52(79)63-38(26-70)50(77)62-36(22-23-40(58)72)48(75)66-44(31(8)14-3)54(81)68-43(30(7)13-2)53(80)64-39(27-71)51(78)69-45-33(10)84-56(83)41(28(4)5)65-47(74)35(21-18-24-57)61-46(73)32(9)60-55(45)82/h15-17,19-20,28-33,35-39,41-45,59,70-71H,12-14,18,21-27,57H2,1-11H3,(H2,58,72)(H,60,82)(H,61,73)(H,62,77)(H,63,79)(H,64,80)(H,65,74)(H,66,75)(H,67,76)(H,68,81)(H,69,78)/t29-,30-,31+,32-,33-,35-,36+,37+,38-,39-,41-,42-,43-,44+,45+/m0/s1. The Morgan fingerprint density at radius 3 is 1.54 bits per heavy atom. The topological polar surface area (TPSA) is 439 Å². The Morgan fingerprint density at radius 2 is 1.07 bits per heavy atom. The number of nitrogens with two attached hydrogens (primary N) is 2. The van der Waals surface area contributed by atoms with Gasteiger partial charge in [0.2, 0.25) is 65.0 Å². The van der Waals surface area contributed by atoms with Gasteiger partial charge in [-0.05, 0) is 82.4 Å². The van der Waals surface area contributed by atoms with Gasteiger partial charge in [0.15, 0.2) is 0 Å². The number of hydrogen-bond acceptors (Lipinski definition) is 17. The van der Waals surface area contributed by atoms with Gasteiger partial charge in [-0.15, -0.1) is 0 Å². The molecule has 15 atom stereocenters. The fraction of sp³-hybridized carbons (Fsp3) is 0.679. The van der Waals surface area contributed by atoms with Gasteiger partial charge in [0, 0.05) is 6.42 Å². The minimum absolute atomic E-state index is 0.105. The lowest BCUT2D eigenvalue weighted by Gasteiger charge is -2.31. The van der Waals surface area contributed by atoms with Crippen molar-refractivity contribution in [3.63, 3.8) is 0 Å². The van der Waals surface area contributed by atoms with Gasteiger partial charge < -0.3 is 84.9 Å². The monoisotopic (exact) mass is 1190 g/mol. The predicted molar refractivity (Wildman–Crippen MR) is 308 cm³/mol. The van der Waals surface area contributed by atoms with Crippen molar-refractivity contribution in [2.45, 2.75) is 193 Å². The number of benzene rings is 1. The van der Waals surface area contributed by atoms with E-state index in [0.29, 0.717) is 19.3 Å². The van der Waals surface area contributed by atoms with Crippen LogP contribution in [0.15, 0.2) is 30.3 Å². The number of primary amides is 1. The van der Waals surface area contributed by atoms with E-state index in [0.717, 1.165) is 5.56 Å². The molecule has 28 nitrogen and oxygen atoms in total. The van der Waals surface area contributed by atoms with Gasteiger partial charge in [0.05, 0.1) is 19.3 Å². The normalized spacial score (nSPS) is 21.2. The van der Waals surface area contributed by atoms with E-state index < -0.39 is 193 Å². The van der Waals surface area contributed by atoms with Gasteiger partial charge in [0.1, 0.15) is 66.5 Å². The predicted octanol–water partition coefficient (Wildman–Crippen LogP) is -3.59. The summed E-state index contributed by atoms with van der Waals surface area (Å²) in [7, 11) is 1.60. The molecule has 1 aromatic carbocycles. The van der Waals surface area contributed by atoms with E-state index >= 15 is 0 Å². The molecule has 11 amide bonds. The fourth-order valence-corrected chi connectivity index (χ4v) is 8.75. The molecule has 0 spiro atoms. The van der Waals surface area contributed by atoms with Crippen molar-refractivity contribution in [3.05, 3.63) is 35.9 Å². The van der Waals surface area contributed by atoms with E-state index in [1.54, 1.807) is 62.4 Å². The molecule has 1 fully saturated rings. The van der Waals surface area contributed by atoms with Crippen molar-refractivity contribution in [2.24, 2.45) is 35.1 Å². The van der Waals surface area contributed by atoms with Crippen LogP contribution in [-0.2, 0) is 68.7 Å². The zero-order valence-corrected chi connectivity index (χ0v) is 50.3. The van der Waals surface area contributed by atoms with E-state index in [9.17, 15) is 67.7 Å². The summed E-state index contributed by atoms with van der Waals surface area (Å²) in [6.07, 6.45) is -0.637. The number of esters is 1. The van der Waals surface area contributed by atoms with Crippen molar-refractivity contribution in [3.8, 4) is 0 Å². The first kappa shape index (κ1) is 72.8. The van der Waals surface area contributed by atoms with E-state index in [1.165, 1.54) is 13.8 Å². The van der Waals surface area contributed by atoms with Gasteiger partial charge >= 0.3 is 5.97 Å². The van der Waals surface area contributed by atoms with Crippen LogP contribution in [0.1, 0.15) is 120 Å². The molecule has 0 unspecified atom stereocenters. The molecule has 0 aromatic heterocycles. The number of amides is 11. The number of carbonyl (C=O) groups is 12. The Labute approximate surface area is 491 Å². The van der Waals surface area contributed by atoms with Gasteiger partial charge in [-0.2, -0.15) is 0 Å². The smallest absolute Gasteiger partial charge is 0.329 e. The van der Waals surface area contributed by atoms with E-state index in [1.807, 2.05) is 30.3 Å². The maximum Gasteiger partial charge on any atom is 0.329 e. The molecule has 1 aliphatic rings. The van der Waals surface area contributed by atoms with E-state index in [4.69, 9.17) is 16.2 Å². The highest BCUT2D eigenvalue weighted by Gasteiger charge is 2.41. The number of hydrogen-bond donors (Lipinski definition) is 15. The van der Waals surface area contributed by atoms with Crippen molar-refractivity contribution in [1.82, 2.24) is 58.5 Å². The summed E-state index contributed by atoms with van der Waals surface area (Å²) < 4.78 is 5.63. The molecule has 28 heteroatoms. The molecule has 0 radical (unpaired) electrons. The van der Waals surface area contributed by atoms with Gasteiger partial charge in [-0.1, -0.05) is 105 Å². The molecule has 472 valence electrons. The number of likely N-dealkylation sites (N-methyl/N-ethyl adjacent to an activating group) is 1. The first-order chi connectivity index (χ1) is 39.6. The van der Waals surface area contributed by atoms with Crippen LogP contribution in [0.2, 0.25) is 0 Å². The van der Waals surface area contributed by atoms with Crippen molar-refractivity contribution in [1.29, 1.82) is 0 Å². The molecule has 1 heterocycles. The molecule has 17 N–H and O–H groups in total. The largest absolute Gasteiger partial charge is 0.458 e. The highest BCUT2D eigenvalue weighted by Crippen LogP contribution is 2.16. The van der Waals surface area contributed by atoms with Crippen LogP contribution >= 0.6 is 0 Å². The molecule has 0 saturated carbocycles. The third-order valence-corrected chi connectivity index (χ3v) is 14.9. The zero-order chi connectivity index (χ0) is 63.5. The lowest BCUT2D eigenvalue weighted by Crippen LogP contribution is -2.63. The van der Waals surface area contributed by atoms with Crippen LogP contribution in [0.4, 0.5) is 0 Å². The quantitative estimate of drug-likeness (QED) is 0.0310. The molecule has 0 aliphatic carbocycles. The maximum atomic E-state index is 14.3. The third-order valence-electron chi connectivity index (χ3n) is 14.9. The Kier molecular flexibility index (Phi) is 31.6. The van der Waals surface area contributed by atoms with Crippen LogP contribution in [-0.4, -0.2) is 181 Å². The number of aliphatic hydroxyl groups excluding tert-OH is 2. The second-order valence-corrected chi connectivity index (χ2v) is 21.8. The SMILES string of the molecule is CC[C@@H](C)[C@@H](NC(=O)[C@@H](CCC(N)=O)NC(=O)[C@H](CO)NC(=O)[C@@H](NC(=O)[C@@H](Cc1ccccc1)NC)[C@@H](C)CC)C(=O)N[C@H](C(=O)N[C@@H](CO)C(=O)N[C@H]1C(=O)N[C@@H](C)C(=O)N[C@@H](CCCN)C(=O)N[C@@H](C(C)C)C(=O)O[C@H]1C)[C@@H](C)CC. The first-order valence-corrected chi connectivity index (χ1v) is 28.8. The summed E-state index contributed by atoms with van der Waals surface area (Å²) in [5.41, 5.74) is 12.0. The second-order valence-electron chi connectivity index (χ2n) is 21.8. The van der Waals surface area contributed by atoms with Crippen LogP contribution in [0.25, 0.3) is 0 Å². The number of carbonyl (C=O) groups excluding carboxylic acids is 12. The van der Waals surface area contributed by atoms with Gasteiger partial charge in [0.25, 0.3) is 0 Å². The number of cyclic esters (lactones) is 1. The van der Waals surface area contributed by atoms with Gasteiger partial charge in [-0.3, -0.25) is 52.7 Å². The lowest BCUT2D eigenvalue weighted by atomic mass is 9.94. The first-order valence-electron chi connectivity index (χ1n) is 28.8. The molecule has 0 bridgehead atoms. The van der Waals surface area contributed by atoms with Crippen molar-refractivity contribution < 1.29 is 72.5 Å². The number of nitrogens with one attached hydrogen (secondary N) is 11. The average molecular weight is 1190 g/mol. The number of rotatable bonds is 32. The Morgan fingerprint density at radius 1 is 0.607 bits per heavy atom. The number of ether oxygens (including phenoxy) is 1. The van der Waals surface area contributed by atoms with E-state index in [-0.39, 0.29) is 25.8 Å². The molecular weight excluding hydrogens is 1090 g/mol. The van der Waals surface area contributed by atoms with Crippen molar-refractivity contribution >= 4 is 70.9 Å². The Balaban J connectivity index is 2.39. The second kappa shape index (κ2) is 36.4. The average Bonchev–Trinajstić information content (AvgIpc) is 3.67. The fourth-order valence-electron chi connectivity index (χ4n) is 8.75. The minimum Gasteiger partial charge on any atom is -0.458 e. The summed E-state index contributed by atoms with van der Waals surface area (Å²) >= 11 is 0. The summed E-state index contributed by atoms with van der Waals surface area (Å²) in [5.74, 6) is -13.1. The highest BCUT2D eigenvalue weighted by molar-refractivity contribution is 5.99. The van der Waals surface area contributed by atoms with Crippen LogP contribution in [0.3, 0.4) is 0 Å². The van der Waals surface area contributed by atoms with Crippen molar-refractivity contribution in [2.75, 3.05) is 26.8 Å². The summed E-state index contributed by atoms with van der Waals surface area (Å²) in [6, 6.07) is -6.15. The number of aliphatic hydroxyl groups is 2. The molecule has 2 rings (SSSR count). The zero-order valence-electron chi connectivity index (χ0n) is 50.3. The van der Waals surface area contributed by atoms with Crippen LogP contribution < -0.4 is 70.0 Å². The molecule has 1 aromatic rings. The molecule has 84 heavy (non-hydrogen) atoms. The van der Waals surface area contributed by atoms with Gasteiger partial charge in [-0.25, -0.2) is 4.79 Å². The van der Waals surface area contributed by atoms with Crippen LogP contribution in [0.5, 0.6) is 0 Å². The Bertz CT molecular complexity index is 2400. The van der Waals surface area contributed by atoms with Crippen LogP contribution in [0, 0.1) is 23.7 Å². The third kappa shape index (κ3) is 22.7. The maximum absolute atomic E-state index is 14.3. The summed E-state index contributed by atoms with van der Waals surface area (Å²) in [4.78, 5) is 164.